The Kier molecular flexibility index (Phi) is 9.43. The van der Waals surface area contributed by atoms with Crippen molar-refractivity contribution in [3.8, 4) is 17.1 Å². The number of amides is 1. The lowest BCUT2D eigenvalue weighted by atomic mass is 10.1. The largest absolute Gasteiger partial charge is 0.497 e. The highest BCUT2D eigenvalue weighted by Gasteiger charge is 2.27. The predicted octanol–water partition coefficient (Wildman–Crippen LogP) is 5.13. The Balaban J connectivity index is 1.46. The van der Waals surface area contributed by atoms with Crippen LogP contribution in [0.4, 0.5) is 5.69 Å². The maximum absolute atomic E-state index is 13.5. The van der Waals surface area contributed by atoms with Gasteiger partial charge in [0, 0.05) is 10.6 Å². The number of hydrazone groups is 1. The highest BCUT2D eigenvalue weighted by molar-refractivity contribution is 7.92. The van der Waals surface area contributed by atoms with Crippen LogP contribution in [-0.4, -0.2) is 46.8 Å². The van der Waals surface area contributed by atoms with Gasteiger partial charge in [0.1, 0.15) is 23.8 Å². The third-order valence-electron chi connectivity index (χ3n) is 5.72. The Morgan fingerprint density at radius 3 is 2.41 bits per heavy atom. The Morgan fingerprint density at radius 1 is 1.02 bits per heavy atom. The van der Waals surface area contributed by atoms with Crippen molar-refractivity contribution in [1.29, 1.82) is 0 Å². The number of furan rings is 1. The fourth-order valence-electron chi connectivity index (χ4n) is 3.72. The number of nitrogens with zero attached hydrogens (tertiary/aromatic N) is 2. The molecule has 0 fully saturated rings. The lowest BCUT2D eigenvalue weighted by Crippen LogP contribution is -2.39. The number of nitrogens with one attached hydrogen (secondary N) is 1. The Hall–Kier alpha value is -4.61. The van der Waals surface area contributed by atoms with Crippen LogP contribution in [0.15, 0.2) is 99.3 Å². The van der Waals surface area contributed by atoms with Gasteiger partial charge < -0.3 is 13.9 Å². The second-order valence-electron chi connectivity index (χ2n) is 8.46. The quantitative estimate of drug-likeness (QED) is 0.145. The van der Waals surface area contributed by atoms with Gasteiger partial charge >= 0.3 is 5.97 Å². The van der Waals surface area contributed by atoms with Gasteiger partial charge in [-0.15, -0.1) is 0 Å². The highest BCUT2D eigenvalue weighted by atomic mass is 35.5. The average Bonchev–Trinajstić information content (AvgIpc) is 3.45. The van der Waals surface area contributed by atoms with E-state index in [0.717, 1.165) is 9.87 Å². The van der Waals surface area contributed by atoms with E-state index in [1.807, 2.05) is 0 Å². The van der Waals surface area contributed by atoms with Crippen molar-refractivity contribution in [2.75, 3.05) is 24.6 Å². The van der Waals surface area contributed by atoms with E-state index in [9.17, 15) is 18.0 Å². The van der Waals surface area contributed by atoms with E-state index in [-0.39, 0.29) is 17.2 Å². The molecule has 0 saturated heterocycles. The molecule has 41 heavy (non-hydrogen) atoms. The summed E-state index contributed by atoms with van der Waals surface area (Å²) in [7, 11) is -2.68. The molecule has 0 aliphatic carbocycles. The molecular weight excluding hydrogens is 570 g/mol. The number of sulfonamides is 1. The van der Waals surface area contributed by atoms with Crippen molar-refractivity contribution in [2.24, 2.45) is 5.10 Å². The zero-order chi connectivity index (χ0) is 29.4. The summed E-state index contributed by atoms with van der Waals surface area (Å²) in [4.78, 5) is 24.6. The zero-order valence-corrected chi connectivity index (χ0v) is 23.7. The van der Waals surface area contributed by atoms with Gasteiger partial charge in [-0.2, -0.15) is 5.10 Å². The summed E-state index contributed by atoms with van der Waals surface area (Å²) in [5.41, 5.74) is 3.68. The summed E-state index contributed by atoms with van der Waals surface area (Å²) >= 11 is 6.10. The van der Waals surface area contributed by atoms with Crippen molar-refractivity contribution in [2.45, 2.75) is 11.8 Å². The number of esters is 1. The minimum Gasteiger partial charge on any atom is -0.497 e. The van der Waals surface area contributed by atoms with Gasteiger partial charge in [-0.05, 0) is 73.7 Å². The first-order valence-corrected chi connectivity index (χ1v) is 14.1. The van der Waals surface area contributed by atoms with Crippen LogP contribution in [0.1, 0.15) is 23.0 Å². The van der Waals surface area contributed by atoms with Crippen LogP contribution < -0.4 is 14.5 Å². The lowest BCUT2D eigenvalue weighted by Gasteiger charge is -2.24. The van der Waals surface area contributed by atoms with Crippen molar-refractivity contribution in [3.05, 3.63) is 101 Å². The van der Waals surface area contributed by atoms with Gasteiger partial charge in [0.15, 0.2) is 0 Å². The summed E-state index contributed by atoms with van der Waals surface area (Å²) < 4.78 is 43.7. The predicted molar refractivity (Wildman–Crippen MR) is 155 cm³/mol. The van der Waals surface area contributed by atoms with Crippen LogP contribution in [0.25, 0.3) is 11.3 Å². The number of halogens is 1. The number of carbonyl (C=O) groups is 2. The van der Waals surface area contributed by atoms with E-state index < -0.39 is 28.4 Å². The molecule has 3 aromatic carbocycles. The molecule has 0 spiro atoms. The van der Waals surface area contributed by atoms with Crippen molar-refractivity contribution in [1.82, 2.24) is 5.43 Å². The maximum atomic E-state index is 13.5. The van der Waals surface area contributed by atoms with E-state index in [0.29, 0.717) is 27.9 Å². The molecule has 0 unspecified atom stereocenters. The smallest absolute Gasteiger partial charge is 0.338 e. The molecule has 212 valence electrons. The van der Waals surface area contributed by atoms with Crippen molar-refractivity contribution < 1.29 is 31.9 Å². The molecule has 10 nitrogen and oxygen atoms in total. The lowest BCUT2D eigenvalue weighted by molar-refractivity contribution is -0.119. The molecule has 4 aromatic rings. The summed E-state index contributed by atoms with van der Waals surface area (Å²) in [6.07, 6.45) is 1.29. The third kappa shape index (κ3) is 7.33. The first-order valence-electron chi connectivity index (χ1n) is 12.3. The molecule has 0 aliphatic heterocycles. The molecule has 0 atom stereocenters. The van der Waals surface area contributed by atoms with Crippen LogP contribution in [0.2, 0.25) is 5.02 Å². The number of rotatable bonds is 11. The number of carbonyl (C=O) groups excluding carboxylic acids is 2. The minimum absolute atomic E-state index is 0.0343. The van der Waals surface area contributed by atoms with Gasteiger partial charge in [-0.1, -0.05) is 29.8 Å². The van der Waals surface area contributed by atoms with Crippen molar-refractivity contribution in [3.63, 3.8) is 0 Å². The molecule has 0 bridgehead atoms. The van der Waals surface area contributed by atoms with Gasteiger partial charge in [-0.25, -0.2) is 18.6 Å². The van der Waals surface area contributed by atoms with Crippen LogP contribution in [0.5, 0.6) is 5.75 Å². The molecule has 4 rings (SSSR count). The van der Waals surface area contributed by atoms with Gasteiger partial charge in [-0.3, -0.25) is 9.10 Å². The van der Waals surface area contributed by atoms with E-state index in [4.69, 9.17) is 25.5 Å². The molecule has 0 saturated carbocycles. The fourth-order valence-corrected chi connectivity index (χ4v) is 5.31. The molecule has 1 N–H and O–H groups in total. The number of methoxy groups -OCH3 is 1. The number of ether oxygens (including phenoxy) is 2. The summed E-state index contributed by atoms with van der Waals surface area (Å²) in [6.45, 7) is 1.46. The van der Waals surface area contributed by atoms with Gasteiger partial charge in [0.2, 0.25) is 0 Å². The number of benzene rings is 3. The summed E-state index contributed by atoms with van der Waals surface area (Å²) in [6, 6.07) is 22.1. The van der Waals surface area contributed by atoms with E-state index in [1.54, 1.807) is 55.5 Å². The normalized spacial score (nSPS) is 11.3. The SMILES string of the molecule is CCOC(=O)c1ccc(-c2ccc(/C=N\NC(=O)CN(c3cccc(Cl)c3)S(=O)(=O)c3ccc(OC)cc3)o2)cc1. The average molecular weight is 596 g/mol. The monoisotopic (exact) mass is 595 g/mol. The molecule has 1 amide bonds. The maximum Gasteiger partial charge on any atom is 0.338 e. The third-order valence-corrected chi connectivity index (χ3v) is 7.74. The van der Waals surface area contributed by atoms with Crippen LogP contribution in [0, 0.1) is 0 Å². The zero-order valence-electron chi connectivity index (χ0n) is 22.1. The Labute approximate surface area is 242 Å². The molecule has 0 aliphatic rings. The minimum atomic E-state index is -4.15. The second-order valence-corrected chi connectivity index (χ2v) is 10.8. The fraction of sp³-hybridized carbons (Fsp3) is 0.138. The molecule has 12 heteroatoms. The van der Waals surface area contributed by atoms with Crippen LogP contribution in [0.3, 0.4) is 0 Å². The number of hydrogen-bond acceptors (Lipinski definition) is 8. The number of hydrogen-bond donors (Lipinski definition) is 1. The second kappa shape index (κ2) is 13.2. The number of anilines is 1. The van der Waals surface area contributed by atoms with E-state index >= 15 is 0 Å². The van der Waals surface area contributed by atoms with Crippen LogP contribution >= 0.6 is 11.6 Å². The Bertz CT molecular complexity index is 1650. The summed E-state index contributed by atoms with van der Waals surface area (Å²) in [5, 5.41) is 4.21. The first-order chi connectivity index (χ1) is 19.7. The van der Waals surface area contributed by atoms with Crippen molar-refractivity contribution >= 4 is 45.4 Å². The molecule has 1 heterocycles. The van der Waals surface area contributed by atoms with Gasteiger partial charge in [0.05, 0.1) is 36.1 Å². The van der Waals surface area contributed by atoms with Crippen LogP contribution in [-0.2, 0) is 19.6 Å². The van der Waals surface area contributed by atoms with E-state index in [1.165, 1.54) is 49.7 Å². The van der Waals surface area contributed by atoms with Gasteiger partial charge in [0.25, 0.3) is 15.9 Å². The molecule has 0 radical (unpaired) electrons. The first kappa shape index (κ1) is 29.4. The van der Waals surface area contributed by atoms with E-state index in [2.05, 4.69) is 10.5 Å². The molecule has 1 aromatic heterocycles. The topological polar surface area (TPSA) is 128 Å². The standard InChI is InChI=1S/C29H26ClN3O7S/c1-3-39-29(35)21-9-7-20(8-10-21)27-16-13-25(40-27)18-31-32-28(34)19-33(23-6-4-5-22(30)17-23)41(36,37)26-14-11-24(38-2)12-15-26/h4-18H,3,19H2,1-2H3,(H,32,34)/b31-18-. The summed E-state index contributed by atoms with van der Waals surface area (Å²) in [5.74, 6) is 0.241. The molecular formula is C29H26ClN3O7S. The highest BCUT2D eigenvalue weighted by Crippen LogP contribution is 2.27. The Morgan fingerprint density at radius 2 is 1.76 bits per heavy atom.